The topological polar surface area (TPSA) is 0 Å². The van der Waals surface area contributed by atoms with Gasteiger partial charge in [-0.3, -0.25) is 0 Å². The first-order chi connectivity index (χ1) is 2.00. The summed E-state index contributed by atoms with van der Waals surface area (Å²) in [4.78, 5) is 9.59. The molecule has 0 nitrogen and oxygen atoms in total. The molecule has 0 aromatic rings. The van der Waals surface area contributed by atoms with E-state index < -0.39 is 18.4 Å². The third-order valence-corrected chi connectivity index (χ3v) is 0. The summed E-state index contributed by atoms with van der Waals surface area (Å²) in [5, 5.41) is 0. The molecule has 0 atom stereocenters. The van der Waals surface area contributed by atoms with Crippen molar-refractivity contribution in [2.75, 3.05) is 0 Å². The SMILES string of the molecule is [CH3][412Sn]([CH3])([CH3])[CH3]. The average molecular weight is 472 g/mol. The van der Waals surface area contributed by atoms with E-state index in [1.165, 1.54) is 0 Å². The molecule has 5 heavy (non-hydrogen) atoms. The Kier molecular flexibility index (Phi) is 1.74. The summed E-state index contributed by atoms with van der Waals surface area (Å²) >= 11 is -1.18. The molecular formula is C4H12Sn. The van der Waals surface area contributed by atoms with Gasteiger partial charge < -0.3 is 0 Å². The fourth-order valence-electron chi connectivity index (χ4n) is 0. The molecule has 0 aliphatic heterocycles. The summed E-state index contributed by atoms with van der Waals surface area (Å²) < 4.78 is 0. The second-order valence-corrected chi connectivity index (χ2v) is 20.1. The van der Waals surface area contributed by atoms with Crippen molar-refractivity contribution in [1.82, 2.24) is 0 Å². The molecule has 32 valence electrons. The molecule has 0 aromatic heterocycles. The Balaban J connectivity index is 3.02. The van der Waals surface area contributed by atoms with E-state index in [-0.39, 0.29) is 0 Å². The molecule has 0 heterocycles. The Morgan fingerprint density at radius 2 is 0.800 bits per heavy atom. The van der Waals surface area contributed by atoms with E-state index in [9.17, 15) is 0 Å². The molecule has 0 bridgehead atoms. The van der Waals surface area contributed by atoms with Crippen LogP contribution in [0.2, 0.25) is 19.8 Å². The predicted molar refractivity (Wildman–Crippen MR) is 29.2 cm³/mol. The van der Waals surface area contributed by atoms with E-state index in [0.29, 0.717) is 0 Å². The Morgan fingerprint density at radius 3 is 0.800 bits per heavy atom. The van der Waals surface area contributed by atoms with Crippen molar-refractivity contribution < 1.29 is 0 Å². The average Bonchev–Trinajstić information content (AvgIpc) is 0.722. The first-order valence-corrected chi connectivity index (χ1v) is 13.4. The monoisotopic (exact) mass is 472 g/mol. The third kappa shape index (κ3) is 58.9. The first-order valence-electron chi connectivity index (χ1n) is 2.00. The van der Waals surface area contributed by atoms with Gasteiger partial charge >= 0.3 is 38.1 Å². The summed E-state index contributed by atoms with van der Waals surface area (Å²) in [6.45, 7) is 0. The van der Waals surface area contributed by atoms with Crippen molar-refractivity contribution in [2.45, 2.75) is 19.8 Å². The maximum absolute atomic E-state index is 2.40. The quantitative estimate of drug-likeness (QED) is 0.474. The second-order valence-electron chi connectivity index (χ2n) is 3.00. The van der Waals surface area contributed by atoms with Crippen LogP contribution in [0, 0.1) is 0 Å². The van der Waals surface area contributed by atoms with Gasteiger partial charge in [0.25, 0.3) is 0 Å². The van der Waals surface area contributed by atoms with E-state index in [2.05, 4.69) is 19.8 Å². The van der Waals surface area contributed by atoms with Gasteiger partial charge in [-0.05, 0) is 0 Å². The van der Waals surface area contributed by atoms with Crippen molar-refractivity contribution in [2.24, 2.45) is 0 Å². The second kappa shape index (κ2) is 1.50. The van der Waals surface area contributed by atoms with E-state index in [0.717, 1.165) is 0 Å². The van der Waals surface area contributed by atoms with Crippen molar-refractivity contribution in [3.63, 3.8) is 0 Å². The molecule has 0 fully saturated rings. The van der Waals surface area contributed by atoms with Crippen LogP contribution in [0.3, 0.4) is 0 Å². The van der Waals surface area contributed by atoms with Crippen LogP contribution < -0.4 is 0 Å². The van der Waals surface area contributed by atoms with Gasteiger partial charge in [-0.2, -0.15) is 0 Å². The fraction of sp³-hybridized carbons (Fsp3) is 1.00. The molecule has 0 spiro atoms. The van der Waals surface area contributed by atoms with E-state index in [1.54, 1.807) is 0 Å². The molecule has 0 saturated heterocycles. The molecule has 0 aromatic carbocycles. The van der Waals surface area contributed by atoms with Crippen LogP contribution in [0.4, 0.5) is 0 Å². The molecule has 1 heteroatoms. The number of hydrogen-bond acceptors (Lipinski definition) is 0. The standard InChI is InChI=1S/4CH3.Sn/h4*1H3;/i;;;;1-65. The van der Waals surface area contributed by atoms with Crippen LogP contribution >= 0.6 is 0 Å². The number of rotatable bonds is 0. The summed E-state index contributed by atoms with van der Waals surface area (Å²) in [5.74, 6) is 0. The van der Waals surface area contributed by atoms with Crippen molar-refractivity contribution >= 4 is 18.4 Å². The molecule has 0 amide bonds. The van der Waals surface area contributed by atoms with Gasteiger partial charge in [-0.1, -0.05) is 0 Å². The van der Waals surface area contributed by atoms with E-state index >= 15 is 0 Å². The zero-order valence-corrected chi connectivity index (χ0v) is 7.35. The van der Waals surface area contributed by atoms with Gasteiger partial charge in [0.1, 0.15) is 0 Å². The molecule has 0 rings (SSSR count). The normalized spacial score (nSPS) is 12.0. The van der Waals surface area contributed by atoms with Gasteiger partial charge in [0.2, 0.25) is 0 Å². The Bertz CT molecular complexity index is 19.1. The summed E-state index contributed by atoms with van der Waals surface area (Å²) in [5.41, 5.74) is 0. The molecule has 0 N–H and O–H groups in total. The third-order valence-electron chi connectivity index (χ3n) is 0. The van der Waals surface area contributed by atoms with Gasteiger partial charge in [-0.25, -0.2) is 0 Å². The molecule has 0 aliphatic carbocycles. The van der Waals surface area contributed by atoms with Crippen LogP contribution in [-0.4, -0.2) is 18.4 Å². The Labute approximate surface area is 38.5 Å². The van der Waals surface area contributed by atoms with E-state index in [1.807, 2.05) is 0 Å². The zero-order valence-electron chi connectivity index (χ0n) is 4.50. The van der Waals surface area contributed by atoms with Crippen LogP contribution in [0.5, 0.6) is 0 Å². The molecule has 0 unspecified atom stereocenters. The predicted octanol–water partition coefficient (Wildman–Crippen LogP) is 1.95. The fourth-order valence-corrected chi connectivity index (χ4v) is 0. The minimum atomic E-state index is -1.18. The summed E-state index contributed by atoms with van der Waals surface area (Å²) in [6.07, 6.45) is 0. The van der Waals surface area contributed by atoms with Gasteiger partial charge in [-0.15, -0.1) is 0 Å². The van der Waals surface area contributed by atoms with Crippen molar-refractivity contribution in [3.05, 3.63) is 0 Å². The Hall–Kier alpha value is 0.799. The van der Waals surface area contributed by atoms with E-state index in [4.69, 9.17) is 0 Å². The van der Waals surface area contributed by atoms with Gasteiger partial charge in [0, 0.05) is 0 Å². The molecular weight excluding hydrogens is 460 g/mol. The van der Waals surface area contributed by atoms with Crippen molar-refractivity contribution in [3.8, 4) is 0 Å². The summed E-state index contributed by atoms with van der Waals surface area (Å²) in [7, 11) is 0. The van der Waals surface area contributed by atoms with Crippen molar-refractivity contribution in [1.29, 1.82) is 0 Å². The number of hydrogen-bond donors (Lipinski definition) is 0. The van der Waals surface area contributed by atoms with Crippen LogP contribution in [-0.2, 0) is 0 Å². The van der Waals surface area contributed by atoms with Crippen LogP contribution in [0.1, 0.15) is 0 Å². The van der Waals surface area contributed by atoms with Crippen LogP contribution in [0.15, 0.2) is 0 Å². The first kappa shape index (κ1) is 5.80. The molecule has 0 aliphatic rings. The van der Waals surface area contributed by atoms with Gasteiger partial charge in [0.15, 0.2) is 0 Å². The van der Waals surface area contributed by atoms with Crippen LogP contribution in [0.25, 0.3) is 0 Å². The zero-order chi connectivity index (χ0) is 4.50. The Morgan fingerprint density at radius 1 is 0.800 bits per heavy atom. The van der Waals surface area contributed by atoms with Gasteiger partial charge in [0.05, 0.1) is 0 Å². The molecule has 0 radical (unpaired) electrons. The molecule has 0 saturated carbocycles. The maximum atomic E-state index is 2.40. The minimum absolute atomic E-state index is 1.18. The summed E-state index contributed by atoms with van der Waals surface area (Å²) in [6, 6.07) is 0.